The lowest BCUT2D eigenvalue weighted by Gasteiger charge is -2.13. The summed E-state index contributed by atoms with van der Waals surface area (Å²) in [5, 5.41) is 12.4. The normalized spacial score (nSPS) is 12.2. The molecule has 7 heteroatoms. The molecule has 3 nitrogen and oxygen atoms in total. The van der Waals surface area contributed by atoms with E-state index in [-0.39, 0.29) is 22.6 Å². The van der Waals surface area contributed by atoms with E-state index in [1.165, 1.54) is 30.3 Å². The number of aliphatic hydroxyl groups is 1. The zero-order valence-electron chi connectivity index (χ0n) is 11.9. The number of hydrogen-bond acceptors (Lipinski definition) is 3. The molecular formula is C16H14F3NO2S. The van der Waals surface area contributed by atoms with E-state index < -0.39 is 23.6 Å². The lowest BCUT2D eigenvalue weighted by atomic mass is 10.1. The molecule has 0 aliphatic heterocycles. The molecule has 0 aliphatic carbocycles. The Morgan fingerprint density at radius 2 is 1.91 bits per heavy atom. The van der Waals surface area contributed by atoms with Gasteiger partial charge in [-0.05, 0) is 29.8 Å². The Kier molecular flexibility index (Phi) is 6.06. The maximum absolute atomic E-state index is 13.1. The monoisotopic (exact) mass is 341 g/mol. The molecule has 2 aromatic carbocycles. The van der Waals surface area contributed by atoms with Gasteiger partial charge >= 0.3 is 0 Å². The molecule has 1 atom stereocenters. The number of alkyl halides is 2. The van der Waals surface area contributed by atoms with E-state index in [0.29, 0.717) is 11.8 Å². The molecule has 0 radical (unpaired) electrons. The third kappa shape index (κ3) is 5.30. The van der Waals surface area contributed by atoms with Crippen molar-refractivity contribution in [2.45, 2.75) is 23.2 Å². The van der Waals surface area contributed by atoms with Crippen molar-refractivity contribution in [1.29, 1.82) is 0 Å². The van der Waals surface area contributed by atoms with E-state index in [1.807, 2.05) is 0 Å². The van der Waals surface area contributed by atoms with Crippen molar-refractivity contribution in [2.24, 2.45) is 0 Å². The SMILES string of the molecule is O=C(CC(O)c1cccc(F)c1)Nc1ccccc1SC(F)F. The van der Waals surface area contributed by atoms with Crippen LogP contribution in [0.5, 0.6) is 0 Å². The molecule has 0 aliphatic rings. The minimum Gasteiger partial charge on any atom is -0.388 e. The summed E-state index contributed by atoms with van der Waals surface area (Å²) in [6.07, 6.45) is -1.49. The van der Waals surface area contributed by atoms with Gasteiger partial charge in [0.1, 0.15) is 5.82 Å². The summed E-state index contributed by atoms with van der Waals surface area (Å²) in [5.74, 6) is -3.67. The summed E-state index contributed by atoms with van der Waals surface area (Å²) in [5.41, 5.74) is 0.518. The average molecular weight is 341 g/mol. The van der Waals surface area contributed by atoms with Crippen LogP contribution in [0, 0.1) is 5.82 Å². The predicted molar refractivity (Wildman–Crippen MR) is 82.9 cm³/mol. The van der Waals surface area contributed by atoms with Crippen molar-refractivity contribution < 1.29 is 23.1 Å². The molecule has 0 bridgehead atoms. The number of nitrogens with one attached hydrogen (secondary N) is 1. The zero-order chi connectivity index (χ0) is 16.8. The first-order valence-corrected chi connectivity index (χ1v) is 7.61. The molecule has 1 amide bonds. The summed E-state index contributed by atoms with van der Waals surface area (Å²) in [7, 11) is 0. The number of aliphatic hydroxyl groups excluding tert-OH is 1. The van der Waals surface area contributed by atoms with E-state index in [0.717, 1.165) is 6.07 Å². The van der Waals surface area contributed by atoms with Crippen LogP contribution in [0.15, 0.2) is 53.4 Å². The van der Waals surface area contributed by atoms with Gasteiger partial charge in [0.05, 0.1) is 18.2 Å². The van der Waals surface area contributed by atoms with Gasteiger partial charge < -0.3 is 10.4 Å². The first kappa shape index (κ1) is 17.4. The number of rotatable bonds is 6. The van der Waals surface area contributed by atoms with Crippen LogP contribution < -0.4 is 5.32 Å². The molecule has 1 unspecified atom stereocenters. The van der Waals surface area contributed by atoms with Crippen LogP contribution in [0.4, 0.5) is 18.9 Å². The second-order valence-electron chi connectivity index (χ2n) is 4.70. The van der Waals surface area contributed by atoms with Gasteiger partial charge in [0.2, 0.25) is 5.91 Å². The van der Waals surface area contributed by atoms with Crippen LogP contribution in [0.25, 0.3) is 0 Å². The standard InChI is InChI=1S/C16H14F3NO2S/c17-11-5-3-4-10(8-11)13(21)9-15(22)20-12-6-1-2-7-14(12)23-16(18)19/h1-8,13,16,21H,9H2,(H,20,22). The Morgan fingerprint density at radius 1 is 1.17 bits per heavy atom. The van der Waals surface area contributed by atoms with E-state index in [9.17, 15) is 23.1 Å². The van der Waals surface area contributed by atoms with Gasteiger partial charge in [-0.25, -0.2) is 4.39 Å². The Morgan fingerprint density at radius 3 is 2.61 bits per heavy atom. The smallest absolute Gasteiger partial charge is 0.288 e. The lowest BCUT2D eigenvalue weighted by molar-refractivity contribution is -0.118. The molecule has 0 fully saturated rings. The number of amides is 1. The van der Waals surface area contributed by atoms with Crippen LogP contribution in [-0.4, -0.2) is 16.8 Å². The average Bonchev–Trinajstić information content (AvgIpc) is 2.48. The summed E-state index contributed by atoms with van der Waals surface area (Å²) in [6.45, 7) is 0. The lowest BCUT2D eigenvalue weighted by Crippen LogP contribution is -2.16. The van der Waals surface area contributed by atoms with E-state index >= 15 is 0 Å². The number of carbonyl (C=O) groups is 1. The molecule has 2 rings (SSSR count). The van der Waals surface area contributed by atoms with E-state index in [4.69, 9.17) is 0 Å². The molecule has 0 aromatic heterocycles. The molecule has 2 N–H and O–H groups in total. The number of benzene rings is 2. The number of hydrogen-bond donors (Lipinski definition) is 2. The number of para-hydroxylation sites is 1. The summed E-state index contributed by atoms with van der Waals surface area (Å²) < 4.78 is 38.1. The van der Waals surface area contributed by atoms with E-state index in [1.54, 1.807) is 12.1 Å². The third-order valence-electron chi connectivity index (χ3n) is 2.99. The van der Waals surface area contributed by atoms with Crippen molar-refractivity contribution in [1.82, 2.24) is 0 Å². The van der Waals surface area contributed by atoms with Crippen LogP contribution in [0.2, 0.25) is 0 Å². The van der Waals surface area contributed by atoms with Crippen LogP contribution in [-0.2, 0) is 4.79 Å². The van der Waals surface area contributed by atoms with Gasteiger partial charge in [0, 0.05) is 4.90 Å². The topological polar surface area (TPSA) is 49.3 Å². The summed E-state index contributed by atoms with van der Waals surface area (Å²) >= 11 is 0.324. The zero-order valence-corrected chi connectivity index (χ0v) is 12.7. The molecule has 122 valence electrons. The van der Waals surface area contributed by atoms with Gasteiger partial charge in [-0.3, -0.25) is 4.79 Å². The van der Waals surface area contributed by atoms with Gasteiger partial charge in [0.25, 0.3) is 5.76 Å². The van der Waals surface area contributed by atoms with Crippen LogP contribution in [0.3, 0.4) is 0 Å². The highest BCUT2D eigenvalue weighted by molar-refractivity contribution is 7.99. The number of halogens is 3. The molecule has 23 heavy (non-hydrogen) atoms. The Hall–Kier alpha value is -1.99. The highest BCUT2D eigenvalue weighted by Crippen LogP contribution is 2.32. The van der Waals surface area contributed by atoms with E-state index in [2.05, 4.69) is 5.32 Å². The minimum atomic E-state index is -2.61. The molecule has 0 saturated heterocycles. The first-order valence-electron chi connectivity index (χ1n) is 6.73. The highest BCUT2D eigenvalue weighted by atomic mass is 32.2. The summed E-state index contributed by atoms with van der Waals surface area (Å²) in [6, 6.07) is 11.5. The van der Waals surface area contributed by atoms with Crippen molar-refractivity contribution in [3.63, 3.8) is 0 Å². The van der Waals surface area contributed by atoms with Gasteiger partial charge in [-0.1, -0.05) is 36.0 Å². The fraction of sp³-hybridized carbons (Fsp3) is 0.188. The second kappa shape index (κ2) is 8.03. The number of thioether (sulfide) groups is 1. The molecule has 2 aromatic rings. The maximum atomic E-state index is 13.1. The molecule has 0 saturated carbocycles. The third-order valence-corrected chi connectivity index (χ3v) is 3.78. The number of carbonyl (C=O) groups excluding carboxylic acids is 1. The Balaban J connectivity index is 2.02. The van der Waals surface area contributed by atoms with Crippen molar-refractivity contribution >= 4 is 23.4 Å². The predicted octanol–water partition coefficient (Wildman–Crippen LogP) is 4.20. The van der Waals surface area contributed by atoms with Gasteiger partial charge in [-0.2, -0.15) is 8.78 Å². The molecule has 0 spiro atoms. The van der Waals surface area contributed by atoms with Gasteiger partial charge in [-0.15, -0.1) is 0 Å². The second-order valence-corrected chi connectivity index (χ2v) is 5.73. The fourth-order valence-corrected chi connectivity index (χ4v) is 2.57. The van der Waals surface area contributed by atoms with Crippen molar-refractivity contribution in [3.8, 4) is 0 Å². The summed E-state index contributed by atoms with van der Waals surface area (Å²) in [4.78, 5) is 12.2. The minimum absolute atomic E-state index is 0.232. The Bertz CT molecular complexity index is 682. The van der Waals surface area contributed by atoms with Crippen molar-refractivity contribution in [2.75, 3.05) is 5.32 Å². The quantitative estimate of drug-likeness (QED) is 0.774. The largest absolute Gasteiger partial charge is 0.388 e. The van der Waals surface area contributed by atoms with Gasteiger partial charge in [0.15, 0.2) is 0 Å². The Labute approximate surface area is 135 Å². The fourth-order valence-electron chi connectivity index (χ4n) is 1.98. The maximum Gasteiger partial charge on any atom is 0.288 e. The number of anilines is 1. The molecule has 0 heterocycles. The van der Waals surface area contributed by atoms with Crippen LogP contribution in [0.1, 0.15) is 18.1 Å². The van der Waals surface area contributed by atoms with Crippen molar-refractivity contribution in [3.05, 3.63) is 59.9 Å². The first-order chi connectivity index (χ1) is 11.0. The van der Waals surface area contributed by atoms with Crippen LogP contribution >= 0.6 is 11.8 Å². The molecular weight excluding hydrogens is 327 g/mol. The highest BCUT2D eigenvalue weighted by Gasteiger charge is 2.16.